The normalized spacial score (nSPS) is 12.0. The number of rotatable bonds is 4. The molecule has 1 heterocycles. The van der Waals surface area contributed by atoms with Crippen LogP contribution in [0.4, 0.5) is 0 Å². The van der Waals surface area contributed by atoms with Crippen molar-refractivity contribution in [2.75, 3.05) is 0 Å². The molecule has 1 aromatic carbocycles. The highest BCUT2D eigenvalue weighted by Crippen LogP contribution is 2.20. The largest absolute Gasteiger partial charge is 0.481 e. The third-order valence-electron chi connectivity index (χ3n) is 2.55. The minimum absolute atomic E-state index is 0.403. The van der Waals surface area contributed by atoms with E-state index in [-0.39, 0.29) is 0 Å². The van der Waals surface area contributed by atoms with Gasteiger partial charge in [0.05, 0.1) is 5.92 Å². The molecule has 0 bridgehead atoms. The van der Waals surface area contributed by atoms with Crippen LogP contribution in [-0.2, 0) is 11.2 Å². The molecular formula is C13H12N2O2. The van der Waals surface area contributed by atoms with Gasteiger partial charge in [0.2, 0.25) is 0 Å². The van der Waals surface area contributed by atoms with Crippen LogP contribution >= 0.6 is 0 Å². The monoisotopic (exact) mass is 228 g/mol. The Morgan fingerprint density at radius 2 is 1.82 bits per heavy atom. The molecule has 0 fully saturated rings. The van der Waals surface area contributed by atoms with Gasteiger partial charge in [0, 0.05) is 12.4 Å². The quantitative estimate of drug-likeness (QED) is 0.867. The summed E-state index contributed by atoms with van der Waals surface area (Å²) < 4.78 is 0. The average Bonchev–Trinajstić information content (AvgIpc) is 2.38. The zero-order valence-corrected chi connectivity index (χ0v) is 9.15. The van der Waals surface area contributed by atoms with Crippen molar-refractivity contribution < 1.29 is 9.90 Å². The van der Waals surface area contributed by atoms with Crippen LogP contribution < -0.4 is 0 Å². The van der Waals surface area contributed by atoms with Gasteiger partial charge in [0.15, 0.2) is 0 Å². The summed E-state index contributed by atoms with van der Waals surface area (Å²) in [6.07, 6.45) is 5.12. The summed E-state index contributed by atoms with van der Waals surface area (Å²) in [5, 5.41) is 9.25. The van der Waals surface area contributed by atoms with Gasteiger partial charge in [-0.15, -0.1) is 0 Å². The van der Waals surface area contributed by atoms with Crippen molar-refractivity contribution in [3.63, 3.8) is 0 Å². The van der Waals surface area contributed by atoms with Gasteiger partial charge >= 0.3 is 5.97 Å². The maximum absolute atomic E-state index is 11.3. The molecule has 17 heavy (non-hydrogen) atoms. The summed E-state index contributed by atoms with van der Waals surface area (Å²) >= 11 is 0. The molecule has 1 N–H and O–H groups in total. The second-order valence-corrected chi connectivity index (χ2v) is 3.75. The summed E-state index contributed by atoms with van der Waals surface area (Å²) in [5.74, 6) is -1.39. The molecule has 2 rings (SSSR count). The van der Waals surface area contributed by atoms with E-state index < -0.39 is 11.9 Å². The Morgan fingerprint density at radius 3 is 2.41 bits per heavy atom. The maximum Gasteiger partial charge on any atom is 0.311 e. The smallest absolute Gasteiger partial charge is 0.311 e. The minimum Gasteiger partial charge on any atom is -0.481 e. The number of aliphatic carboxylic acids is 1. The summed E-state index contributed by atoms with van der Waals surface area (Å²) in [6.45, 7) is 0. The number of nitrogens with zero attached hydrogens (tertiary/aromatic N) is 2. The molecule has 0 saturated heterocycles. The van der Waals surface area contributed by atoms with E-state index in [9.17, 15) is 9.90 Å². The number of carboxylic acids is 1. The lowest BCUT2D eigenvalue weighted by atomic mass is 9.93. The number of hydrogen-bond acceptors (Lipinski definition) is 3. The number of aromatic nitrogens is 2. The first-order chi connectivity index (χ1) is 8.27. The third-order valence-corrected chi connectivity index (χ3v) is 2.55. The minimum atomic E-state index is -0.833. The zero-order chi connectivity index (χ0) is 12.1. The molecule has 1 atom stereocenters. The lowest BCUT2D eigenvalue weighted by Crippen LogP contribution is -2.14. The molecule has 0 amide bonds. The van der Waals surface area contributed by atoms with Gasteiger partial charge in [-0.2, -0.15) is 0 Å². The van der Waals surface area contributed by atoms with Crippen LogP contribution in [0, 0.1) is 0 Å². The van der Waals surface area contributed by atoms with Crippen molar-refractivity contribution in [2.24, 2.45) is 0 Å². The van der Waals surface area contributed by atoms with E-state index in [1.807, 2.05) is 30.3 Å². The first-order valence-electron chi connectivity index (χ1n) is 5.29. The molecule has 86 valence electrons. The molecule has 4 heteroatoms. The highest BCUT2D eigenvalue weighted by Gasteiger charge is 2.20. The first-order valence-corrected chi connectivity index (χ1v) is 5.29. The van der Waals surface area contributed by atoms with Crippen LogP contribution in [0.3, 0.4) is 0 Å². The van der Waals surface area contributed by atoms with Crippen LogP contribution in [-0.4, -0.2) is 21.0 Å². The fraction of sp³-hybridized carbons (Fsp3) is 0.154. The number of hydrogen-bond donors (Lipinski definition) is 1. The summed E-state index contributed by atoms with van der Waals surface area (Å²) in [5.41, 5.74) is 1.62. The Balaban J connectivity index is 2.23. The summed E-state index contributed by atoms with van der Waals surface area (Å²) in [4.78, 5) is 19.0. The fourth-order valence-electron chi connectivity index (χ4n) is 1.70. The molecular weight excluding hydrogens is 216 g/mol. The van der Waals surface area contributed by atoms with E-state index in [4.69, 9.17) is 0 Å². The molecule has 0 aliphatic carbocycles. The van der Waals surface area contributed by atoms with Crippen molar-refractivity contribution >= 4 is 5.97 Å². The first kappa shape index (κ1) is 11.3. The van der Waals surface area contributed by atoms with Gasteiger partial charge in [-0.1, -0.05) is 30.3 Å². The second kappa shape index (κ2) is 5.21. The van der Waals surface area contributed by atoms with Crippen LogP contribution in [0.1, 0.15) is 17.0 Å². The van der Waals surface area contributed by atoms with Crippen molar-refractivity contribution in [2.45, 2.75) is 12.3 Å². The number of carbonyl (C=O) groups is 1. The maximum atomic E-state index is 11.3. The van der Waals surface area contributed by atoms with Gasteiger partial charge in [0.1, 0.15) is 6.33 Å². The topological polar surface area (TPSA) is 63.1 Å². The van der Waals surface area contributed by atoms with Crippen molar-refractivity contribution in [1.82, 2.24) is 9.97 Å². The lowest BCUT2D eigenvalue weighted by Gasteiger charge is -2.12. The van der Waals surface area contributed by atoms with Gasteiger partial charge in [-0.25, -0.2) is 9.97 Å². The number of benzene rings is 1. The van der Waals surface area contributed by atoms with E-state index in [1.165, 1.54) is 6.33 Å². The zero-order valence-electron chi connectivity index (χ0n) is 9.15. The van der Waals surface area contributed by atoms with Crippen LogP contribution in [0.5, 0.6) is 0 Å². The van der Waals surface area contributed by atoms with Crippen LogP contribution in [0.25, 0.3) is 0 Å². The van der Waals surface area contributed by atoms with Crippen molar-refractivity contribution in [3.8, 4) is 0 Å². The SMILES string of the molecule is O=C(O)C(Cc1cncnc1)c1ccccc1. The molecule has 1 unspecified atom stereocenters. The molecule has 0 radical (unpaired) electrons. The molecule has 2 aromatic rings. The standard InChI is InChI=1S/C13H12N2O2/c16-13(17)12(11-4-2-1-3-5-11)6-10-7-14-9-15-8-10/h1-5,7-9,12H,6H2,(H,16,17). The second-order valence-electron chi connectivity index (χ2n) is 3.75. The molecule has 0 aliphatic heterocycles. The van der Waals surface area contributed by atoms with E-state index >= 15 is 0 Å². The fourth-order valence-corrected chi connectivity index (χ4v) is 1.70. The molecule has 0 spiro atoms. The summed E-state index contributed by atoms with van der Waals surface area (Å²) in [6, 6.07) is 9.19. The predicted molar refractivity (Wildman–Crippen MR) is 62.6 cm³/mol. The van der Waals surface area contributed by atoms with E-state index in [1.54, 1.807) is 12.4 Å². The third kappa shape index (κ3) is 2.87. The van der Waals surface area contributed by atoms with Gasteiger partial charge < -0.3 is 5.11 Å². The Bertz CT molecular complexity index is 485. The predicted octanol–water partition coefficient (Wildman–Crippen LogP) is 1.89. The Labute approximate surface area is 99.0 Å². The molecule has 4 nitrogen and oxygen atoms in total. The van der Waals surface area contributed by atoms with Gasteiger partial charge in [-0.05, 0) is 17.5 Å². The lowest BCUT2D eigenvalue weighted by molar-refractivity contribution is -0.138. The van der Waals surface area contributed by atoms with Crippen molar-refractivity contribution in [1.29, 1.82) is 0 Å². The van der Waals surface area contributed by atoms with E-state index in [0.717, 1.165) is 11.1 Å². The van der Waals surface area contributed by atoms with Gasteiger partial charge in [-0.3, -0.25) is 4.79 Å². The number of carboxylic acid groups (broad SMARTS) is 1. The average molecular weight is 228 g/mol. The molecule has 0 saturated carbocycles. The Kier molecular flexibility index (Phi) is 3.45. The van der Waals surface area contributed by atoms with E-state index in [2.05, 4.69) is 9.97 Å². The van der Waals surface area contributed by atoms with Crippen molar-refractivity contribution in [3.05, 3.63) is 60.2 Å². The van der Waals surface area contributed by atoms with Crippen LogP contribution in [0.2, 0.25) is 0 Å². The van der Waals surface area contributed by atoms with E-state index in [0.29, 0.717) is 6.42 Å². The Hall–Kier alpha value is -2.23. The molecule has 0 aliphatic rings. The highest BCUT2D eigenvalue weighted by molar-refractivity contribution is 5.76. The summed E-state index contributed by atoms with van der Waals surface area (Å²) in [7, 11) is 0. The van der Waals surface area contributed by atoms with Gasteiger partial charge in [0.25, 0.3) is 0 Å². The highest BCUT2D eigenvalue weighted by atomic mass is 16.4. The van der Waals surface area contributed by atoms with Crippen LogP contribution in [0.15, 0.2) is 49.1 Å². The Morgan fingerprint density at radius 1 is 1.18 bits per heavy atom. The molecule has 1 aromatic heterocycles.